The van der Waals surface area contributed by atoms with E-state index in [1.165, 1.54) is 16.7 Å². The third-order valence-corrected chi connectivity index (χ3v) is 5.64. The van der Waals surface area contributed by atoms with Crippen LogP contribution in [-0.2, 0) is 27.2 Å². The topological polar surface area (TPSA) is 154 Å². The minimum atomic E-state index is -1.00. The van der Waals surface area contributed by atoms with E-state index in [-0.39, 0.29) is 18.7 Å². The van der Waals surface area contributed by atoms with Gasteiger partial charge in [0.05, 0.1) is 19.4 Å². The number of ether oxygens (including phenoxy) is 1. The average molecular weight is 443 g/mol. The van der Waals surface area contributed by atoms with E-state index in [1.54, 1.807) is 42.5 Å². The Bertz CT molecular complexity index is 990. The number of aliphatic carboxylic acids is 2. The monoisotopic (exact) mass is 443 g/mol. The van der Waals surface area contributed by atoms with Crippen molar-refractivity contribution in [2.45, 2.75) is 23.8 Å². The largest absolute Gasteiger partial charge is 0.481 e. The van der Waals surface area contributed by atoms with E-state index in [1.807, 2.05) is 0 Å². The van der Waals surface area contributed by atoms with Crippen LogP contribution in [0.4, 0.5) is 10.5 Å². The molecule has 0 aliphatic carbocycles. The second-order valence-electron chi connectivity index (χ2n) is 7.01. The molecule has 2 aromatic carbocycles. The predicted octanol–water partition coefficient (Wildman–Crippen LogP) is 2.34. The number of carboxylic acid groups (broad SMARTS) is 2. The third kappa shape index (κ3) is 5.98. The van der Waals surface area contributed by atoms with Crippen LogP contribution < -0.4 is 10.6 Å². The van der Waals surface area contributed by atoms with Crippen molar-refractivity contribution in [3.63, 3.8) is 0 Å². The number of hydrogen-bond acceptors (Lipinski definition) is 6. The number of anilines is 1. The van der Waals surface area contributed by atoms with E-state index in [4.69, 9.17) is 26.1 Å². The minimum Gasteiger partial charge on any atom is -0.481 e. The summed E-state index contributed by atoms with van der Waals surface area (Å²) in [4.78, 5) is 36.6. The van der Waals surface area contributed by atoms with E-state index < -0.39 is 24.1 Å². The van der Waals surface area contributed by atoms with Crippen molar-refractivity contribution in [2.24, 2.45) is 5.73 Å². The molecule has 1 fully saturated rings. The molecule has 3 rings (SSSR count). The first-order valence-electron chi connectivity index (χ1n) is 9.33. The molecule has 0 bridgehead atoms. The Kier molecular flexibility index (Phi) is 6.81. The van der Waals surface area contributed by atoms with Crippen LogP contribution in [-0.4, -0.2) is 52.5 Å². The third-order valence-electron chi connectivity index (χ3n) is 4.54. The predicted molar refractivity (Wildman–Crippen MR) is 115 cm³/mol. The summed E-state index contributed by atoms with van der Waals surface area (Å²) in [5.74, 6) is -1.63. The first-order chi connectivity index (χ1) is 14.7. The maximum atomic E-state index is 12.3. The molecule has 1 atom stereocenters. The fourth-order valence-corrected chi connectivity index (χ4v) is 4.22. The van der Waals surface area contributed by atoms with Crippen LogP contribution >= 0.6 is 11.8 Å². The summed E-state index contributed by atoms with van der Waals surface area (Å²) in [6.45, 7) is 0.335. The summed E-state index contributed by atoms with van der Waals surface area (Å²) in [6.07, 6.45) is -1.28. The number of nitrogens with zero attached hydrogens (tertiary/aromatic N) is 1. The molecule has 31 heavy (non-hydrogen) atoms. The number of carbonyl (C=O) groups excluding carboxylic acids is 1. The Labute approximate surface area is 182 Å². The van der Waals surface area contributed by atoms with Gasteiger partial charge in [-0.2, -0.15) is 0 Å². The number of amides is 1. The Morgan fingerprint density at radius 2 is 1.68 bits per heavy atom. The smallest absolute Gasteiger partial charge is 0.414 e. The highest BCUT2D eigenvalue weighted by Gasteiger charge is 2.32. The maximum Gasteiger partial charge on any atom is 0.414 e. The second kappa shape index (κ2) is 9.52. The van der Waals surface area contributed by atoms with Gasteiger partial charge < -0.3 is 20.7 Å². The number of carboxylic acids is 2. The molecule has 0 saturated carbocycles. The lowest BCUT2D eigenvalue weighted by atomic mass is 10.1. The molecule has 5 N–H and O–H groups in total. The van der Waals surface area contributed by atoms with Crippen LogP contribution in [0.25, 0.3) is 0 Å². The highest BCUT2D eigenvalue weighted by atomic mass is 32.2. The second-order valence-corrected chi connectivity index (χ2v) is 8.11. The van der Waals surface area contributed by atoms with Gasteiger partial charge in [-0.3, -0.25) is 19.9 Å². The molecule has 1 amide bonds. The molecule has 1 aliphatic rings. The van der Waals surface area contributed by atoms with E-state index >= 15 is 0 Å². The van der Waals surface area contributed by atoms with Crippen LogP contribution in [0.1, 0.15) is 16.7 Å². The van der Waals surface area contributed by atoms with Gasteiger partial charge in [0, 0.05) is 21.9 Å². The van der Waals surface area contributed by atoms with Gasteiger partial charge in [-0.15, -0.1) is 11.8 Å². The molecule has 9 nitrogen and oxygen atoms in total. The number of carbonyl (C=O) groups is 3. The number of amidine groups is 1. The number of nitrogens with two attached hydrogens (primary N) is 1. The van der Waals surface area contributed by atoms with Crippen molar-refractivity contribution in [1.29, 1.82) is 5.41 Å². The molecule has 1 unspecified atom stereocenters. The molecule has 1 saturated heterocycles. The molecular weight excluding hydrogens is 422 g/mol. The van der Waals surface area contributed by atoms with Crippen LogP contribution in [0.15, 0.2) is 47.4 Å². The molecular formula is C21H21N3O6S. The Hall–Kier alpha value is -3.53. The van der Waals surface area contributed by atoms with Gasteiger partial charge in [-0.25, -0.2) is 4.79 Å². The molecule has 0 aromatic heterocycles. The van der Waals surface area contributed by atoms with Crippen LogP contribution in [0.2, 0.25) is 0 Å². The highest BCUT2D eigenvalue weighted by molar-refractivity contribution is 7.99. The van der Waals surface area contributed by atoms with Crippen molar-refractivity contribution in [3.05, 3.63) is 59.2 Å². The van der Waals surface area contributed by atoms with Gasteiger partial charge in [0.1, 0.15) is 11.9 Å². The number of nitrogen functional groups attached to an aromatic ring is 1. The summed E-state index contributed by atoms with van der Waals surface area (Å²) in [5, 5.41) is 25.5. The number of hydrogen-bond donors (Lipinski definition) is 4. The summed E-state index contributed by atoms with van der Waals surface area (Å²) in [7, 11) is 0. The van der Waals surface area contributed by atoms with Gasteiger partial charge in [-0.1, -0.05) is 6.07 Å². The molecule has 0 spiro atoms. The molecule has 10 heteroatoms. The van der Waals surface area contributed by atoms with Crippen molar-refractivity contribution in [1.82, 2.24) is 0 Å². The van der Waals surface area contributed by atoms with Crippen LogP contribution in [0.3, 0.4) is 0 Å². The van der Waals surface area contributed by atoms with Gasteiger partial charge in [-0.05, 0) is 47.5 Å². The van der Waals surface area contributed by atoms with Gasteiger partial charge in [0.25, 0.3) is 0 Å². The fourth-order valence-electron chi connectivity index (χ4n) is 3.19. The zero-order chi connectivity index (χ0) is 22.5. The molecule has 162 valence electrons. The van der Waals surface area contributed by atoms with Crippen molar-refractivity contribution in [3.8, 4) is 0 Å². The van der Waals surface area contributed by atoms with Crippen LogP contribution in [0.5, 0.6) is 0 Å². The molecule has 0 radical (unpaired) electrons. The zero-order valence-electron chi connectivity index (χ0n) is 16.4. The van der Waals surface area contributed by atoms with E-state index in [2.05, 4.69) is 0 Å². The lowest BCUT2D eigenvalue weighted by Crippen LogP contribution is -2.25. The number of rotatable bonds is 9. The quantitative estimate of drug-likeness (QED) is 0.262. The minimum absolute atomic E-state index is 0.0581. The van der Waals surface area contributed by atoms with Crippen LogP contribution in [0, 0.1) is 5.41 Å². The Balaban J connectivity index is 1.67. The van der Waals surface area contributed by atoms with Crippen molar-refractivity contribution in [2.75, 3.05) is 17.2 Å². The fraction of sp³-hybridized carbons (Fsp3) is 0.238. The summed E-state index contributed by atoms with van der Waals surface area (Å²) >= 11 is 1.37. The lowest BCUT2D eigenvalue weighted by molar-refractivity contribution is -0.137. The van der Waals surface area contributed by atoms with Gasteiger partial charge in [0.15, 0.2) is 0 Å². The zero-order valence-corrected chi connectivity index (χ0v) is 17.2. The highest BCUT2D eigenvalue weighted by Crippen LogP contribution is 2.28. The standard InChI is InChI=1S/C21H21N3O6S/c22-20(23)14-1-3-15(4-2-14)24-10-16(30-21(24)29)11-31-17-6-12(8-18(25)26)5-13(7-17)9-19(27)28/h1-7,16H,8-11H2,(H3,22,23)(H,25,26)(H,27,28). The lowest BCUT2D eigenvalue weighted by Gasteiger charge is -2.13. The number of benzene rings is 2. The van der Waals surface area contributed by atoms with Crippen molar-refractivity contribution >= 4 is 41.3 Å². The summed E-state index contributed by atoms with van der Waals surface area (Å²) in [5.41, 5.74) is 7.67. The van der Waals surface area contributed by atoms with Gasteiger partial charge >= 0.3 is 18.0 Å². The summed E-state index contributed by atoms with van der Waals surface area (Å²) in [6, 6.07) is 11.7. The molecule has 1 aliphatic heterocycles. The maximum absolute atomic E-state index is 12.3. The van der Waals surface area contributed by atoms with E-state index in [0.717, 1.165) is 4.90 Å². The molecule has 1 heterocycles. The Morgan fingerprint density at radius 1 is 1.10 bits per heavy atom. The van der Waals surface area contributed by atoms with Crippen molar-refractivity contribution < 1.29 is 29.3 Å². The summed E-state index contributed by atoms with van der Waals surface area (Å²) < 4.78 is 5.43. The molecule has 2 aromatic rings. The Morgan fingerprint density at radius 3 is 2.19 bits per heavy atom. The number of nitrogens with one attached hydrogen (secondary N) is 1. The van der Waals surface area contributed by atoms with E-state index in [9.17, 15) is 14.4 Å². The normalized spacial score (nSPS) is 15.5. The number of thioether (sulfide) groups is 1. The number of cyclic esters (lactones) is 1. The first-order valence-corrected chi connectivity index (χ1v) is 10.3. The average Bonchev–Trinajstić information content (AvgIpc) is 3.06. The van der Waals surface area contributed by atoms with Gasteiger partial charge in [0.2, 0.25) is 0 Å². The van der Waals surface area contributed by atoms with E-state index in [0.29, 0.717) is 34.7 Å². The SMILES string of the molecule is N=C(N)c1ccc(N2CC(CSc3cc(CC(=O)O)cc(CC(=O)O)c3)OC2=O)cc1. The first kappa shape index (κ1) is 22.2.